The molecule has 37 heavy (non-hydrogen) atoms. The zero-order valence-corrected chi connectivity index (χ0v) is 21.1. The molecule has 0 aliphatic rings. The number of anilines is 1. The molecule has 0 fully saturated rings. The number of aromatic nitrogens is 2. The lowest BCUT2D eigenvalue weighted by Gasteiger charge is -2.16. The van der Waals surface area contributed by atoms with E-state index in [1.807, 2.05) is 85.7 Å². The maximum atomic E-state index is 13.5. The largest absolute Gasteiger partial charge is 0.488 e. The number of nitrogens with zero attached hydrogens (tertiary/aromatic N) is 4. The van der Waals surface area contributed by atoms with Crippen LogP contribution in [0.1, 0.15) is 16.7 Å². The van der Waals surface area contributed by atoms with Crippen LogP contribution in [0.5, 0.6) is 5.75 Å². The van der Waals surface area contributed by atoms with Crippen LogP contribution in [0.25, 0.3) is 22.3 Å². The number of ether oxygens (including phenoxy) is 1. The van der Waals surface area contributed by atoms with E-state index in [0.29, 0.717) is 29.1 Å². The minimum absolute atomic E-state index is 0.229. The quantitative estimate of drug-likeness (QED) is 0.268. The number of fused-ring (bicyclic) bond motifs is 1. The van der Waals surface area contributed by atoms with Crippen LogP contribution in [0.4, 0.5) is 5.69 Å². The monoisotopic (exact) mass is 488 g/mol. The summed E-state index contributed by atoms with van der Waals surface area (Å²) in [6.07, 6.45) is 1.66. The van der Waals surface area contributed by atoms with Gasteiger partial charge in [-0.25, -0.2) is 4.98 Å². The first kappa shape index (κ1) is 24.0. The third-order valence-electron chi connectivity index (χ3n) is 6.13. The molecule has 0 saturated heterocycles. The van der Waals surface area contributed by atoms with Crippen LogP contribution in [-0.2, 0) is 6.61 Å². The molecule has 0 aliphatic heterocycles. The Bertz CT molecular complexity index is 1620. The van der Waals surface area contributed by atoms with Crippen molar-refractivity contribution in [1.82, 2.24) is 9.66 Å². The van der Waals surface area contributed by atoms with Crippen LogP contribution in [0.15, 0.2) is 107 Å². The lowest BCUT2D eigenvalue weighted by Crippen LogP contribution is -2.20. The van der Waals surface area contributed by atoms with Crippen LogP contribution in [0, 0.1) is 6.92 Å². The van der Waals surface area contributed by atoms with Gasteiger partial charge in [-0.05, 0) is 36.8 Å². The molecule has 5 rings (SSSR count). The highest BCUT2D eigenvalue weighted by molar-refractivity contribution is 5.85. The summed E-state index contributed by atoms with van der Waals surface area (Å²) in [5.74, 6) is 1.16. The van der Waals surface area contributed by atoms with E-state index in [2.05, 4.69) is 36.3 Å². The molecule has 0 bridgehead atoms. The second-order valence-corrected chi connectivity index (χ2v) is 9.07. The Morgan fingerprint density at radius 2 is 1.65 bits per heavy atom. The van der Waals surface area contributed by atoms with E-state index >= 15 is 0 Å². The molecule has 0 N–H and O–H groups in total. The predicted molar refractivity (Wildman–Crippen MR) is 151 cm³/mol. The van der Waals surface area contributed by atoms with Crippen molar-refractivity contribution in [1.29, 1.82) is 0 Å². The van der Waals surface area contributed by atoms with Crippen molar-refractivity contribution in [2.45, 2.75) is 13.5 Å². The average molecular weight is 489 g/mol. The lowest BCUT2D eigenvalue weighted by molar-refractivity contribution is 0.306. The average Bonchev–Trinajstić information content (AvgIpc) is 2.93. The second-order valence-electron chi connectivity index (χ2n) is 9.07. The standard InChI is InChI=1S/C31H28N4O2/c1-22-13-15-23(16-14-22)21-37-29-19-26(34(2)3)18-17-25(29)20-32-35-30(24-9-5-4-6-10-24)33-28-12-8-7-11-27(28)31(35)36/h4-20H,21H2,1-3H3. The molecule has 0 aliphatic carbocycles. The summed E-state index contributed by atoms with van der Waals surface area (Å²) in [4.78, 5) is 20.3. The smallest absolute Gasteiger partial charge is 0.282 e. The van der Waals surface area contributed by atoms with E-state index < -0.39 is 0 Å². The zero-order chi connectivity index (χ0) is 25.8. The second kappa shape index (κ2) is 10.5. The maximum absolute atomic E-state index is 13.5. The minimum atomic E-state index is -0.229. The summed E-state index contributed by atoms with van der Waals surface area (Å²) in [5, 5.41) is 5.14. The molecule has 0 unspecified atom stereocenters. The van der Waals surface area contributed by atoms with Crippen molar-refractivity contribution >= 4 is 22.8 Å². The summed E-state index contributed by atoms with van der Waals surface area (Å²) >= 11 is 0. The van der Waals surface area contributed by atoms with E-state index in [1.165, 1.54) is 10.2 Å². The summed E-state index contributed by atoms with van der Waals surface area (Å²) in [7, 11) is 3.97. The molecule has 6 heteroatoms. The number of para-hydroxylation sites is 1. The molecule has 0 spiro atoms. The molecule has 0 atom stereocenters. The van der Waals surface area contributed by atoms with Crippen molar-refractivity contribution in [3.63, 3.8) is 0 Å². The number of hydrogen-bond acceptors (Lipinski definition) is 5. The van der Waals surface area contributed by atoms with Gasteiger partial charge in [0.2, 0.25) is 0 Å². The van der Waals surface area contributed by atoms with Gasteiger partial charge in [-0.15, -0.1) is 0 Å². The summed E-state index contributed by atoms with van der Waals surface area (Å²) in [6, 6.07) is 31.1. The summed E-state index contributed by atoms with van der Waals surface area (Å²) in [5.41, 5.74) is 5.26. The molecule has 0 radical (unpaired) electrons. The van der Waals surface area contributed by atoms with Crippen LogP contribution in [0.2, 0.25) is 0 Å². The van der Waals surface area contributed by atoms with E-state index in [0.717, 1.165) is 22.4 Å². The number of rotatable bonds is 7. The predicted octanol–water partition coefficient (Wildman–Crippen LogP) is 5.90. The molecule has 4 aromatic carbocycles. The van der Waals surface area contributed by atoms with Crippen molar-refractivity contribution in [2.24, 2.45) is 5.10 Å². The SMILES string of the molecule is Cc1ccc(COc2cc(N(C)C)ccc2C=Nn2c(-c3ccccc3)nc3ccccc3c2=O)cc1. The molecule has 6 nitrogen and oxygen atoms in total. The minimum Gasteiger partial charge on any atom is -0.488 e. The van der Waals surface area contributed by atoms with E-state index in [1.54, 1.807) is 12.3 Å². The highest BCUT2D eigenvalue weighted by Crippen LogP contribution is 2.25. The Morgan fingerprint density at radius 1 is 0.919 bits per heavy atom. The fourth-order valence-corrected chi connectivity index (χ4v) is 4.00. The Balaban J connectivity index is 1.57. The fraction of sp³-hybridized carbons (Fsp3) is 0.129. The Hall–Kier alpha value is -4.71. The van der Waals surface area contributed by atoms with Crippen molar-refractivity contribution in [3.05, 3.63) is 124 Å². The maximum Gasteiger partial charge on any atom is 0.282 e. The topological polar surface area (TPSA) is 59.7 Å². The Labute approximate surface area is 216 Å². The van der Waals surface area contributed by atoms with Gasteiger partial charge in [0.1, 0.15) is 12.4 Å². The van der Waals surface area contributed by atoms with Crippen LogP contribution in [-0.4, -0.2) is 30.0 Å². The van der Waals surface area contributed by atoms with Crippen molar-refractivity contribution < 1.29 is 4.74 Å². The van der Waals surface area contributed by atoms with E-state index in [9.17, 15) is 4.79 Å². The third-order valence-corrected chi connectivity index (χ3v) is 6.13. The highest BCUT2D eigenvalue weighted by atomic mass is 16.5. The van der Waals surface area contributed by atoms with Gasteiger partial charge < -0.3 is 9.64 Å². The normalized spacial score (nSPS) is 11.2. The van der Waals surface area contributed by atoms with Gasteiger partial charge >= 0.3 is 0 Å². The number of aryl methyl sites for hydroxylation is 1. The molecule has 1 aromatic heterocycles. The molecular formula is C31H28N4O2. The summed E-state index contributed by atoms with van der Waals surface area (Å²) in [6.45, 7) is 2.48. The first-order chi connectivity index (χ1) is 18.0. The van der Waals surface area contributed by atoms with Gasteiger partial charge in [-0.2, -0.15) is 9.78 Å². The van der Waals surface area contributed by atoms with Crippen molar-refractivity contribution in [3.8, 4) is 17.1 Å². The Morgan fingerprint density at radius 3 is 2.41 bits per heavy atom. The molecule has 184 valence electrons. The first-order valence-corrected chi connectivity index (χ1v) is 12.1. The molecular weight excluding hydrogens is 460 g/mol. The van der Waals surface area contributed by atoms with Gasteiger partial charge in [-0.3, -0.25) is 4.79 Å². The van der Waals surface area contributed by atoms with Crippen molar-refractivity contribution in [2.75, 3.05) is 19.0 Å². The summed E-state index contributed by atoms with van der Waals surface area (Å²) < 4.78 is 7.60. The molecule has 1 heterocycles. The van der Waals surface area contributed by atoms with Crippen LogP contribution in [0.3, 0.4) is 0 Å². The van der Waals surface area contributed by atoms with Gasteiger partial charge in [-0.1, -0.05) is 72.3 Å². The molecule has 5 aromatic rings. The number of benzene rings is 4. The molecule has 0 amide bonds. The van der Waals surface area contributed by atoms with Crippen LogP contribution < -0.4 is 15.2 Å². The zero-order valence-electron chi connectivity index (χ0n) is 21.1. The first-order valence-electron chi connectivity index (χ1n) is 12.1. The lowest BCUT2D eigenvalue weighted by atomic mass is 10.1. The Kier molecular flexibility index (Phi) is 6.81. The van der Waals surface area contributed by atoms with Gasteiger partial charge in [0.25, 0.3) is 5.56 Å². The van der Waals surface area contributed by atoms with Gasteiger partial charge in [0.05, 0.1) is 17.1 Å². The molecule has 0 saturated carbocycles. The van der Waals surface area contributed by atoms with Gasteiger partial charge in [0.15, 0.2) is 5.82 Å². The number of hydrogen-bond donors (Lipinski definition) is 0. The fourth-order valence-electron chi connectivity index (χ4n) is 4.00. The van der Waals surface area contributed by atoms with E-state index in [-0.39, 0.29) is 5.56 Å². The third kappa shape index (κ3) is 5.28. The highest BCUT2D eigenvalue weighted by Gasteiger charge is 2.13. The van der Waals surface area contributed by atoms with E-state index in [4.69, 9.17) is 9.72 Å². The van der Waals surface area contributed by atoms with Gasteiger partial charge in [0, 0.05) is 37.0 Å². The van der Waals surface area contributed by atoms with Crippen LogP contribution >= 0.6 is 0 Å².